The van der Waals surface area contributed by atoms with E-state index in [1.54, 1.807) is 0 Å². The van der Waals surface area contributed by atoms with Crippen molar-refractivity contribution in [2.45, 2.75) is 89.9 Å². The molecule has 0 aliphatic carbocycles. The van der Waals surface area contributed by atoms with Crippen LogP contribution >= 0.6 is 0 Å². The SMILES string of the molecule is CS(=O)(=O)CCCCCCCCCCCCCCCC(=O)O. The number of hydrogen-bond acceptors (Lipinski definition) is 3. The van der Waals surface area contributed by atoms with Crippen molar-refractivity contribution in [1.82, 2.24) is 0 Å². The molecular formula is C17H34O4S. The lowest BCUT2D eigenvalue weighted by atomic mass is 10.0. The molecule has 1 N–H and O–H groups in total. The van der Waals surface area contributed by atoms with Crippen LogP contribution in [0.2, 0.25) is 0 Å². The largest absolute Gasteiger partial charge is 0.481 e. The van der Waals surface area contributed by atoms with Crippen molar-refractivity contribution in [3.05, 3.63) is 0 Å². The topological polar surface area (TPSA) is 71.4 Å². The number of carboxylic acids is 1. The van der Waals surface area contributed by atoms with Crippen LogP contribution in [0.4, 0.5) is 0 Å². The third-order valence-corrected chi connectivity index (χ3v) is 4.94. The molecule has 0 heterocycles. The van der Waals surface area contributed by atoms with Gasteiger partial charge in [-0.25, -0.2) is 8.42 Å². The zero-order valence-electron chi connectivity index (χ0n) is 14.2. The smallest absolute Gasteiger partial charge is 0.303 e. The van der Waals surface area contributed by atoms with Crippen LogP contribution in [0, 0.1) is 0 Å². The second-order valence-corrected chi connectivity index (χ2v) is 8.63. The van der Waals surface area contributed by atoms with Gasteiger partial charge in [-0.05, 0) is 12.8 Å². The summed E-state index contributed by atoms with van der Waals surface area (Å²) in [5.74, 6) is -0.351. The van der Waals surface area contributed by atoms with Gasteiger partial charge >= 0.3 is 5.97 Å². The van der Waals surface area contributed by atoms with Gasteiger partial charge in [-0.15, -0.1) is 0 Å². The molecule has 0 aliphatic rings. The van der Waals surface area contributed by atoms with Crippen molar-refractivity contribution in [2.75, 3.05) is 12.0 Å². The Morgan fingerprint density at radius 3 is 1.32 bits per heavy atom. The number of aliphatic carboxylic acids is 1. The van der Waals surface area contributed by atoms with Crippen LogP contribution in [-0.4, -0.2) is 31.5 Å². The fraction of sp³-hybridized carbons (Fsp3) is 0.941. The van der Waals surface area contributed by atoms with Crippen molar-refractivity contribution in [3.63, 3.8) is 0 Å². The summed E-state index contributed by atoms with van der Waals surface area (Å²) in [5.41, 5.74) is 0. The maximum atomic E-state index is 11.0. The highest BCUT2D eigenvalue weighted by Gasteiger charge is 2.01. The Kier molecular flexibility index (Phi) is 13.7. The standard InChI is InChI=1S/C17H34O4S/c1-22(20,21)16-14-12-10-8-6-4-2-3-5-7-9-11-13-15-17(18)19/h2-16H2,1H3,(H,18,19). The van der Waals surface area contributed by atoms with E-state index in [0.29, 0.717) is 12.2 Å². The van der Waals surface area contributed by atoms with Crippen LogP contribution < -0.4 is 0 Å². The summed E-state index contributed by atoms with van der Waals surface area (Å²) in [7, 11) is -2.77. The first-order valence-corrected chi connectivity index (χ1v) is 10.9. The quantitative estimate of drug-likeness (QED) is 0.419. The Labute approximate surface area is 136 Å². The van der Waals surface area contributed by atoms with Crippen molar-refractivity contribution < 1.29 is 18.3 Å². The number of carbonyl (C=O) groups is 1. The summed E-state index contributed by atoms with van der Waals surface area (Å²) in [6.07, 6.45) is 16.5. The zero-order chi connectivity index (χ0) is 16.7. The lowest BCUT2D eigenvalue weighted by molar-refractivity contribution is -0.137. The predicted octanol–water partition coefficient (Wildman–Crippen LogP) is 4.58. The van der Waals surface area contributed by atoms with E-state index < -0.39 is 15.8 Å². The molecule has 0 fully saturated rings. The minimum atomic E-state index is -2.77. The number of sulfone groups is 1. The summed E-state index contributed by atoms with van der Waals surface area (Å²) < 4.78 is 21.9. The zero-order valence-corrected chi connectivity index (χ0v) is 15.0. The van der Waals surface area contributed by atoms with Crippen molar-refractivity contribution in [2.24, 2.45) is 0 Å². The first-order valence-electron chi connectivity index (χ1n) is 8.81. The second-order valence-electron chi connectivity index (χ2n) is 6.37. The lowest BCUT2D eigenvalue weighted by Crippen LogP contribution is -2.02. The maximum absolute atomic E-state index is 11.0. The van der Waals surface area contributed by atoms with E-state index in [1.165, 1.54) is 51.2 Å². The monoisotopic (exact) mass is 334 g/mol. The average Bonchev–Trinajstić information content (AvgIpc) is 2.41. The third-order valence-electron chi connectivity index (χ3n) is 3.91. The number of unbranched alkanes of at least 4 members (excludes halogenated alkanes) is 12. The Morgan fingerprint density at radius 2 is 1.00 bits per heavy atom. The molecule has 0 aromatic carbocycles. The highest BCUT2D eigenvalue weighted by Crippen LogP contribution is 2.13. The number of carboxylic acid groups (broad SMARTS) is 1. The molecule has 0 unspecified atom stereocenters. The van der Waals surface area contributed by atoms with Crippen LogP contribution in [0.15, 0.2) is 0 Å². The molecule has 0 amide bonds. The highest BCUT2D eigenvalue weighted by atomic mass is 32.2. The minimum absolute atomic E-state index is 0.310. The summed E-state index contributed by atoms with van der Waals surface area (Å²) >= 11 is 0. The van der Waals surface area contributed by atoms with Gasteiger partial charge in [0.1, 0.15) is 9.84 Å². The molecule has 0 aromatic heterocycles. The first-order chi connectivity index (χ1) is 10.4. The Hall–Kier alpha value is -0.580. The molecule has 132 valence electrons. The fourth-order valence-corrected chi connectivity index (χ4v) is 3.31. The molecule has 22 heavy (non-hydrogen) atoms. The molecule has 4 nitrogen and oxygen atoms in total. The van der Waals surface area contributed by atoms with Gasteiger partial charge in [0.05, 0.1) is 0 Å². The van der Waals surface area contributed by atoms with Gasteiger partial charge in [0.25, 0.3) is 0 Å². The minimum Gasteiger partial charge on any atom is -0.481 e. The van der Waals surface area contributed by atoms with E-state index in [0.717, 1.165) is 38.5 Å². The fourth-order valence-electron chi connectivity index (χ4n) is 2.59. The first kappa shape index (κ1) is 21.4. The van der Waals surface area contributed by atoms with E-state index in [9.17, 15) is 13.2 Å². The number of hydrogen-bond donors (Lipinski definition) is 1. The molecule has 0 saturated carbocycles. The van der Waals surface area contributed by atoms with Gasteiger partial charge in [-0.3, -0.25) is 4.79 Å². The molecule has 0 aromatic rings. The van der Waals surface area contributed by atoms with Crippen LogP contribution in [0.1, 0.15) is 89.9 Å². The Morgan fingerprint density at radius 1 is 0.682 bits per heavy atom. The van der Waals surface area contributed by atoms with E-state index in [1.807, 2.05) is 0 Å². The maximum Gasteiger partial charge on any atom is 0.303 e. The van der Waals surface area contributed by atoms with Gasteiger partial charge in [-0.2, -0.15) is 0 Å². The Bertz CT molecular complexity index is 363. The van der Waals surface area contributed by atoms with Crippen LogP contribution in [0.3, 0.4) is 0 Å². The predicted molar refractivity (Wildman–Crippen MR) is 92.0 cm³/mol. The molecule has 0 radical (unpaired) electrons. The summed E-state index contributed by atoms with van der Waals surface area (Å²) in [4.78, 5) is 10.3. The van der Waals surface area contributed by atoms with E-state index in [-0.39, 0.29) is 0 Å². The van der Waals surface area contributed by atoms with Crippen molar-refractivity contribution in [1.29, 1.82) is 0 Å². The normalized spacial score (nSPS) is 11.7. The molecule has 0 aliphatic heterocycles. The van der Waals surface area contributed by atoms with Crippen LogP contribution in [-0.2, 0) is 14.6 Å². The van der Waals surface area contributed by atoms with Gasteiger partial charge in [0.2, 0.25) is 0 Å². The lowest BCUT2D eigenvalue weighted by Gasteiger charge is -2.03. The molecule has 0 spiro atoms. The van der Waals surface area contributed by atoms with Crippen molar-refractivity contribution >= 4 is 15.8 Å². The molecule has 0 rings (SSSR count). The van der Waals surface area contributed by atoms with Crippen molar-refractivity contribution in [3.8, 4) is 0 Å². The third kappa shape index (κ3) is 19.4. The van der Waals surface area contributed by atoms with E-state index in [2.05, 4.69) is 0 Å². The molecule has 0 saturated heterocycles. The molecule has 0 bridgehead atoms. The molecule has 5 heteroatoms. The van der Waals surface area contributed by atoms with Crippen LogP contribution in [0.25, 0.3) is 0 Å². The van der Waals surface area contributed by atoms with E-state index >= 15 is 0 Å². The Balaban J connectivity index is 3.07. The average molecular weight is 335 g/mol. The summed E-state index contributed by atoms with van der Waals surface area (Å²) in [6, 6.07) is 0. The molecule has 0 atom stereocenters. The summed E-state index contributed by atoms with van der Waals surface area (Å²) in [6.45, 7) is 0. The van der Waals surface area contributed by atoms with Gasteiger partial charge in [-0.1, -0.05) is 70.6 Å². The van der Waals surface area contributed by atoms with E-state index in [4.69, 9.17) is 5.11 Å². The van der Waals surface area contributed by atoms with Gasteiger partial charge < -0.3 is 5.11 Å². The van der Waals surface area contributed by atoms with Gasteiger partial charge in [0, 0.05) is 18.4 Å². The number of rotatable bonds is 16. The van der Waals surface area contributed by atoms with Crippen LogP contribution in [0.5, 0.6) is 0 Å². The molecular weight excluding hydrogens is 300 g/mol. The highest BCUT2D eigenvalue weighted by molar-refractivity contribution is 7.90. The summed E-state index contributed by atoms with van der Waals surface area (Å²) in [5, 5.41) is 8.51. The van der Waals surface area contributed by atoms with Gasteiger partial charge in [0.15, 0.2) is 0 Å². The second kappa shape index (κ2) is 14.0.